The third kappa shape index (κ3) is 3.30. The zero-order valence-corrected chi connectivity index (χ0v) is 14.1. The van der Waals surface area contributed by atoms with Crippen molar-refractivity contribution in [2.75, 3.05) is 59.6 Å². The number of phosphoric ester groups is 2. The molecule has 0 N–H and O–H groups in total. The van der Waals surface area contributed by atoms with Crippen molar-refractivity contribution in [1.29, 1.82) is 0 Å². The molecule has 0 saturated carbocycles. The summed E-state index contributed by atoms with van der Waals surface area (Å²) in [7, 11) is -6.60. The number of fused-ring (bicyclic) bond motifs is 6. The molecule has 0 aromatic heterocycles. The van der Waals surface area contributed by atoms with Gasteiger partial charge in [0.05, 0.1) is 63.7 Å². The Morgan fingerprint density at radius 2 is 0.957 bits per heavy atom. The van der Waals surface area contributed by atoms with E-state index in [1.807, 2.05) is 0 Å². The maximum atomic E-state index is 11.6. The fraction of sp³-hybridized carbons (Fsp3) is 1.00. The molecule has 6 saturated heterocycles. The Morgan fingerprint density at radius 1 is 0.652 bits per heavy atom. The summed E-state index contributed by atoms with van der Waals surface area (Å²) in [5.41, 5.74) is -0.906. The highest BCUT2D eigenvalue weighted by atomic mass is 31.2. The Balaban J connectivity index is 1.19. The Bertz CT molecular complexity index is 454. The Morgan fingerprint density at radius 3 is 1.26 bits per heavy atom. The van der Waals surface area contributed by atoms with Crippen LogP contribution in [0, 0.1) is 10.8 Å². The molecular formula is C11H18O10P2. The lowest BCUT2D eigenvalue weighted by Crippen LogP contribution is -2.49. The Labute approximate surface area is 132 Å². The van der Waals surface area contributed by atoms with Gasteiger partial charge in [0.25, 0.3) is 0 Å². The zero-order chi connectivity index (χ0) is 16.0. The van der Waals surface area contributed by atoms with Gasteiger partial charge in [-0.3, -0.25) is 27.1 Å². The lowest BCUT2D eigenvalue weighted by molar-refractivity contribution is -0.176. The van der Waals surface area contributed by atoms with E-state index in [4.69, 9.17) is 36.6 Å². The number of rotatable bonds is 6. The minimum absolute atomic E-state index is 0.0544. The normalized spacial score (nSPS) is 48.7. The van der Waals surface area contributed by atoms with Gasteiger partial charge < -0.3 is 9.47 Å². The lowest BCUT2D eigenvalue weighted by Gasteiger charge is -2.44. The molecule has 6 heterocycles. The van der Waals surface area contributed by atoms with Crippen LogP contribution < -0.4 is 0 Å². The van der Waals surface area contributed by atoms with Gasteiger partial charge in [0.15, 0.2) is 0 Å². The van der Waals surface area contributed by atoms with Gasteiger partial charge in [-0.15, -0.1) is 0 Å². The van der Waals surface area contributed by atoms with Crippen LogP contribution in [0.15, 0.2) is 0 Å². The van der Waals surface area contributed by atoms with Crippen molar-refractivity contribution in [3.63, 3.8) is 0 Å². The van der Waals surface area contributed by atoms with Gasteiger partial charge in [-0.05, 0) is 0 Å². The minimum Gasteiger partial charge on any atom is -0.355 e. The molecule has 0 unspecified atom stereocenters. The summed E-state index contributed by atoms with van der Waals surface area (Å²) in [6, 6.07) is 0. The zero-order valence-electron chi connectivity index (χ0n) is 12.3. The van der Waals surface area contributed by atoms with Crippen LogP contribution in [-0.4, -0.2) is 59.6 Å². The fourth-order valence-electron chi connectivity index (χ4n) is 2.59. The van der Waals surface area contributed by atoms with Gasteiger partial charge >= 0.3 is 15.6 Å². The van der Waals surface area contributed by atoms with Crippen LogP contribution in [0.2, 0.25) is 0 Å². The monoisotopic (exact) mass is 372 g/mol. The first-order valence-corrected chi connectivity index (χ1v) is 10.1. The van der Waals surface area contributed by atoms with Crippen LogP contribution in [0.1, 0.15) is 0 Å². The summed E-state index contributed by atoms with van der Waals surface area (Å²) < 4.78 is 64.8. The molecule has 0 radical (unpaired) electrons. The number of phosphoric acid groups is 2. The van der Waals surface area contributed by atoms with Gasteiger partial charge in [0.1, 0.15) is 6.79 Å². The highest BCUT2D eigenvalue weighted by Gasteiger charge is 2.52. The first kappa shape index (κ1) is 16.6. The van der Waals surface area contributed by atoms with Crippen LogP contribution in [0.4, 0.5) is 0 Å². The summed E-state index contributed by atoms with van der Waals surface area (Å²) in [4.78, 5) is 0. The van der Waals surface area contributed by atoms with E-state index in [2.05, 4.69) is 0 Å². The standard InChI is InChI=1S/C11H18O10P2/c12-22-16-3-10(4-17-22,5-18-22)1-14-9-15-2-11-6-19-23(13,20-7-11)21-8-11/h1-9H2. The molecule has 0 amide bonds. The van der Waals surface area contributed by atoms with Crippen LogP contribution >= 0.6 is 15.6 Å². The Kier molecular flexibility index (Phi) is 4.22. The van der Waals surface area contributed by atoms with Gasteiger partial charge in [-0.2, -0.15) is 0 Å². The summed E-state index contributed by atoms with van der Waals surface area (Å²) in [6.45, 7) is 2.32. The molecule has 0 aromatic rings. The van der Waals surface area contributed by atoms with Crippen molar-refractivity contribution >= 4 is 15.6 Å². The largest absolute Gasteiger partial charge is 0.474 e. The van der Waals surface area contributed by atoms with Gasteiger partial charge in [-0.1, -0.05) is 0 Å². The van der Waals surface area contributed by atoms with Crippen LogP contribution in [0.3, 0.4) is 0 Å². The van der Waals surface area contributed by atoms with E-state index >= 15 is 0 Å². The molecule has 6 aliphatic heterocycles. The first-order chi connectivity index (χ1) is 10.9. The molecule has 6 rings (SSSR count). The van der Waals surface area contributed by atoms with E-state index in [0.29, 0.717) is 13.2 Å². The average Bonchev–Trinajstić information content (AvgIpc) is 2.58. The number of hydrogen-bond donors (Lipinski definition) is 0. The van der Waals surface area contributed by atoms with Crippen LogP contribution in [0.5, 0.6) is 0 Å². The lowest BCUT2D eigenvalue weighted by atomic mass is 9.92. The van der Waals surface area contributed by atoms with Gasteiger partial charge in [0, 0.05) is 0 Å². The van der Waals surface area contributed by atoms with E-state index < -0.39 is 26.5 Å². The predicted molar refractivity (Wildman–Crippen MR) is 72.6 cm³/mol. The highest BCUT2D eigenvalue weighted by molar-refractivity contribution is 7.48. The van der Waals surface area contributed by atoms with Crippen molar-refractivity contribution in [2.24, 2.45) is 10.8 Å². The van der Waals surface area contributed by atoms with Crippen molar-refractivity contribution in [3.05, 3.63) is 0 Å². The second-order valence-electron chi connectivity index (χ2n) is 6.35. The molecular weight excluding hydrogens is 354 g/mol. The van der Waals surface area contributed by atoms with Crippen molar-refractivity contribution in [3.8, 4) is 0 Å². The average molecular weight is 372 g/mol. The number of ether oxygens (including phenoxy) is 2. The van der Waals surface area contributed by atoms with E-state index in [0.717, 1.165) is 0 Å². The molecule has 6 fully saturated rings. The van der Waals surface area contributed by atoms with E-state index in [9.17, 15) is 9.13 Å². The summed E-state index contributed by atoms with van der Waals surface area (Å²) in [6.07, 6.45) is 0. The maximum absolute atomic E-state index is 11.6. The summed E-state index contributed by atoms with van der Waals surface area (Å²) >= 11 is 0. The SMILES string of the molecule is O=P12OCC(COCOCC34COP(=O)(OC3)OC4)(CO1)CO2. The van der Waals surface area contributed by atoms with Gasteiger partial charge in [-0.25, -0.2) is 9.13 Å². The molecule has 10 nitrogen and oxygen atoms in total. The maximum Gasteiger partial charge on any atom is 0.474 e. The van der Waals surface area contributed by atoms with Crippen LogP contribution in [-0.2, 0) is 45.7 Å². The van der Waals surface area contributed by atoms with Crippen molar-refractivity contribution in [1.82, 2.24) is 0 Å². The topological polar surface area (TPSA) is 108 Å². The predicted octanol–water partition coefficient (Wildman–Crippen LogP) is 1.32. The van der Waals surface area contributed by atoms with Crippen molar-refractivity contribution < 1.29 is 45.7 Å². The smallest absolute Gasteiger partial charge is 0.355 e. The molecule has 0 atom stereocenters. The minimum atomic E-state index is -3.30. The molecule has 132 valence electrons. The quantitative estimate of drug-likeness (QED) is 0.385. The molecule has 12 heteroatoms. The van der Waals surface area contributed by atoms with E-state index in [-0.39, 0.29) is 46.4 Å². The first-order valence-electron chi connectivity index (χ1n) is 7.18. The second-order valence-corrected chi connectivity index (χ2v) is 9.69. The second kappa shape index (κ2) is 5.85. The molecule has 4 bridgehead atoms. The van der Waals surface area contributed by atoms with Crippen molar-refractivity contribution in [2.45, 2.75) is 0 Å². The molecule has 23 heavy (non-hydrogen) atoms. The van der Waals surface area contributed by atoms with Gasteiger partial charge in [0.2, 0.25) is 0 Å². The third-order valence-electron chi connectivity index (χ3n) is 4.16. The van der Waals surface area contributed by atoms with E-state index in [1.165, 1.54) is 0 Å². The fourth-order valence-corrected chi connectivity index (χ4v) is 5.63. The molecule has 0 aliphatic carbocycles. The third-order valence-corrected chi connectivity index (χ3v) is 6.83. The summed E-state index contributed by atoms with van der Waals surface area (Å²) in [5.74, 6) is 0. The Hall–Kier alpha value is 0.140. The molecule has 6 aliphatic rings. The molecule has 0 spiro atoms. The highest BCUT2D eigenvalue weighted by Crippen LogP contribution is 2.60. The number of hydrogen-bond acceptors (Lipinski definition) is 10. The summed E-state index contributed by atoms with van der Waals surface area (Å²) in [5, 5.41) is 0. The molecule has 0 aromatic carbocycles. The van der Waals surface area contributed by atoms with Crippen LogP contribution in [0.25, 0.3) is 0 Å². The van der Waals surface area contributed by atoms with E-state index in [1.54, 1.807) is 0 Å².